The molecule has 2 heterocycles. The number of hydrogen-bond donors (Lipinski definition) is 0. The molecule has 0 atom stereocenters. The van der Waals surface area contributed by atoms with E-state index in [4.69, 9.17) is 0 Å². The summed E-state index contributed by atoms with van der Waals surface area (Å²) in [6, 6.07) is 16.4. The molecule has 0 unspecified atom stereocenters. The number of halogens is 1. The minimum atomic E-state index is -0.216. The molecule has 1 aliphatic heterocycles. The van der Waals surface area contributed by atoms with Gasteiger partial charge in [0.15, 0.2) is 0 Å². The zero-order valence-corrected chi connectivity index (χ0v) is 15.7. The van der Waals surface area contributed by atoms with Crippen molar-refractivity contribution < 1.29 is 9.18 Å². The van der Waals surface area contributed by atoms with Crippen LogP contribution in [0.3, 0.4) is 0 Å². The normalized spacial score (nSPS) is 15.4. The third-order valence-electron chi connectivity index (χ3n) is 5.09. The van der Waals surface area contributed by atoms with Gasteiger partial charge in [-0.05, 0) is 36.2 Å². The van der Waals surface area contributed by atoms with E-state index in [1.165, 1.54) is 12.1 Å². The van der Waals surface area contributed by atoms with E-state index >= 15 is 0 Å². The number of carbonyl (C=O) groups is 1. The highest BCUT2D eigenvalue weighted by Crippen LogP contribution is 2.15. The van der Waals surface area contributed by atoms with Crippen LogP contribution in [0.15, 0.2) is 67.1 Å². The van der Waals surface area contributed by atoms with Crippen LogP contribution < -0.4 is 0 Å². The molecular formula is C22H23FN4O. The van der Waals surface area contributed by atoms with E-state index in [0.717, 1.165) is 43.9 Å². The molecule has 1 fully saturated rings. The first kappa shape index (κ1) is 18.4. The van der Waals surface area contributed by atoms with Crippen molar-refractivity contribution in [3.8, 4) is 5.69 Å². The van der Waals surface area contributed by atoms with Crippen molar-refractivity contribution >= 4 is 5.91 Å². The van der Waals surface area contributed by atoms with E-state index in [2.05, 4.69) is 9.88 Å². The van der Waals surface area contributed by atoms with Crippen molar-refractivity contribution in [2.45, 2.75) is 13.0 Å². The number of imidazole rings is 1. The van der Waals surface area contributed by atoms with Gasteiger partial charge in [-0.25, -0.2) is 9.37 Å². The van der Waals surface area contributed by atoms with E-state index in [1.807, 2.05) is 51.9 Å². The Morgan fingerprint density at radius 1 is 0.964 bits per heavy atom. The number of para-hydroxylation sites is 1. The second kappa shape index (κ2) is 8.35. The molecule has 0 saturated carbocycles. The molecule has 5 nitrogen and oxygen atoms in total. The summed E-state index contributed by atoms with van der Waals surface area (Å²) in [6.45, 7) is 3.87. The van der Waals surface area contributed by atoms with Gasteiger partial charge in [-0.1, -0.05) is 30.3 Å². The van der Waals surface area contributed by atoms with Gasteiger partial charge >= 0.3 is 0 Å². The predicted octanol–water partition coefficient (Wildman–Crippen LogP) is 3.36. The van der Waals surface area contributed by atoms with Crippen LogP contribution in [0.4, 0.5) is 4.39 Å². The average molecular weight is 378 g/mol. The van der Waals surface area contributed by atoms with Gasteiger partial charge in [-0.3, -0.25) is 14.3 Å². The quantitative estimate of drug-likeness (QED) is 0.699. The molecule has 0 spiro atoms. The number of hydrogen-bond acceptors (Lipinski definition) is 3. The summed E-state index contributed by atoms with van der Waals surface area (Å²) < 4.78 is 14.9. The lowest BCUT2D eigenvalue weighted by atomic mass is 10.2. The van der Waals surface area contributed by atoms with Gasteiger partial charge in [0.1, 0.15) is 11.5 Å². The Labute approximate surface area is 164 Å². The summed E-state index contributed by atoms with van der Waals surface area (Å²) in [5.41, 5.74) is 2.60. The van der Waals surface area contributed by atoms with Gasteiger partial charge in [0.05, 0.1) is 12.5 Å². The molecule has 0 bridgehead atoms. The predicted molar refractivity (Wildman–Crippen MR) is 106 cm³/mol. The van der Waals surface area contributed by atoms with Crippen LogP contribution in [0.5, 0.6) is 0 Å². The van der Waals surface area contributed by atoms with Crippen LogP contribution in [0.25, 0.3) is 5.69 Å². The lowest BCUT2D eigenvalue weighted by molar-refractivity contribution is 0.0753. The molecule has 144 valence electrons. The standard InChI is InChI=1S/C22H23FN4O/c23-19-9-7-18(8-10-19)16-25-11-4-12-26(14-13-25)22(28)21-15-24-17-27(21)20-5-2-1-3-6-20/h1-3,5-10,15,17H,4,11-14,16H2. The number of aromatic nitrogens is 2. The smallest absolute Gasteiger partial charge is 0.272 e. The van der Waals surface area contributed by atoms with E-state index < -0.39 is 0 Å². The maximum absolute atomic E-state index is 13.1. The Balaban J connectivity index is 1.43. The largest absolute Gasteiger partial charge is 0.336 e. The fourth-order valence-electron chi connectivity index (χ4n) is 3.59. The third-order valence-corrected chi connectivity index (χ3v) is 5.09. The fourth-order valence-corrected chi connectivity index (χ4v) is 3.59. The average Bonchev–Trinajstić information content (AvgIpc) is 3.10. The van der Waals surface area contributed by atoms with Crippen LogP contribution in [0, 0.1) is 5.82 Å². The van der Waals surface area contributed by atoms with Gasteiger partial charge in [-0.15, -0.1) is 0 Å². The number of benzene rings is 2. The molecule has 2 aromatic carbocycles. The first-order valence-electron chi connectivity index (χ1n) is 9.54. The molecule has 1 aliphatic rings. The molecule has 0 radical (unpaired) electrons. The minimum Gasteiger partial charge on any atom is -0.336 e. The minimum absolute atomic E-state index is 0.00462. The van der Waals surface area contributed by atoms with Crippen LogP contribution in [-0.2, 0) is 6.54 Å². The Kier molecular flexibility index (Phi) is 5.48. The maximum Gasteiger partial charge on any atom is 0.272 e. The summed E-state index contributed by atoms with van der Waals surface area (Å²) in [4.78, 5) is 21.5. The van der Waals surface area contributed by atoms with Gasteiger partial charge in [0, 0.05) is 38.4 Å². The third kappa shape index (κ3) is 4.12. The molecule has 3 aromatic rings. The highest BCUT2D eigenvalue weighted by atomic mass is 19.1. The van der Waals surface area contributed by atoms with Gasteiger partial charge in [0.2, 0.25) is 0 Å². The summed E-state index contributed by atoms with van der Waals surface area (Å²) in [5.74, 6) is -0.212. The maximum atomic E-state index is 13.1. The molecule has 0 aliphatic carbocycles. The Bertz CT molecular complexity index is 923. The molecular weight excluding hydrogens is 355 g/mol. The van der Waals surface area contributed by atoms with E-state index in [1.54, 1.807) is 12.5 Å². The second-order valence-electron chi connectivity index (χ2n) is 7.03. The van der Waals surface area contributed by atoms with Crippen LogP contribution >= 0.6 is 0 Å². The highest BCUT2D eigenvalue weighted by Gasteiger charge is 2.23. The molecule has 1 amide bonds. The lowest BCUT2D eigenvalue weighted by Crippen LogP contribution is -2.36. The number of carbonyl (C=O) groups excluding carboxylic acids is 1. The molecule has 4 rings (SSSR count). The second-order valence-corrected chi connectivity index (χ2v) is 7.03. The number of rotatable bonds is 4. The fraction of sp³-hybridized carbons (Fsp3) is 0.273. The van der Waals surface area contributed by atoms with Gasteiger partial charge in [-0.2, -0.15) is 0 Å². The Morgan fingerprint density at radius 3 is 2.54 bits per heavy atom. The van der Waals surface area contributed by atoms with Gasteiger partial charge < -0.3 is 4.90 Å². The Hall–Kier alpha value is -2.99. The SMILES string of the molecule is O=C(c1cncn1-c1ccccc1)N1CCCN(Cc2ccc(F)cc2)CC1. The van der Waals surface area contributed by atoms with Gasteiger partial charge in [0.25, 0.3) is 5.91 Å². The van der Waals surface area contributed by atoms with E-state index in [0.29, 0.717) is 12.2 Å². The van der Waals surface area contributed by atoms with Crippen LogP contribution in [0.2, 0.25) is 0 Å². The van der Waals surface area contributed by atoms with Crippen molar-refractivity contribution in [3.05, 3.63) is 84.2 Å². The van der Waals surface area contributed by atoms with Crippen molar-refractivity contribution in [3.63, 3.8) is 0 Å². The number of nitrogens with zero attached hydrogens (tertiary/aromatic N) is 4. The Morgan fingerprint density at radius 2 is 1.75 bits per heavy atom. The molecule has 0 N–H and O–H groups in total. The van der Waals surface area contributed by atoms with Crippen molar-refractivity contribution in [1.82, 2.24) is 19.4 Å². The summed E-state index contributed by atoms with van der Waals surface area (Å²) in [7, 11) is 0. The molecule has 6 heteroatoms. The lowest BCUT2D eigenvalue weighted by Gasteiger charge is -2.22. The first-order chi connectivity index (χ1) is 13.7. The summed E-state index contributed by atoms with van der Waals surface area (Å²) in [6.07, 6.45) is 4.23. The summed E-state index contributed by atoms with van der Waals surface area (Å²) >= 11 is 0. The zero-order valence-electron chi connectivity index (χ0n) is 15.7. The highest BCUT2D eigenvalue weighted by molar-refractivity contribution is 5.93. The van der Waals surface area contributed by atoms with Crippen molar-refractivity contribution in [1.29, 1.82) is 0 Å². The van der Waals surface area contributed by atoms with Crippen molar-refractivity contribution in [2.24, 2.45) is 0 Å². The first-order valence-corrected chi connectivity index (χ1v) is 9.54. The topological polar surface area (TPSA) is 41.4 Å². The van der Waals surface area contributed by atoms with Crippen LogP contribution in [-0.4, -0.2) is 51.4 Å². The van der Waals surface area contributed by atoms with E-state index in [9.17, 15) is 9.18 Å². The zero-order chi connectivity index (χ0) is 19.3. The molecule has 1 saturated heterocycles. The monoisotopic (exact) mass is 378 g/mol. The number of amides is 1. The molecule has 1 aromatic heterocycles. The van der Waals surface area contributed by atoms with Crippen molar-refractivity contribution in [2.75, 3.05) is 26.2 Å². The van der Waals surface area contributed by atoms with E-state index in [-0.39, 0.29) is 11.7 Å². The summed E-state index contributed by atoms with van der Waals surface area (Å²) in [5, 5.41) is 0. The van der Waals surface area contributed by atoms with Crippen LogP contribution in [0.1, 0.15) is 22.5 Å². The molecule has 28 heavy (non-hydrogen) atoms.